The van der Waals surface area contributed by atoms with Gasteiger partial charge in [0.15, 0.2) is 5.96 Å². The van der Waals surface area contributed by atoms with Crippen molar-refractivity contribution < 1.29 is 0 Å². The molecule has 1 saturated heterocycles. The topological polar surface area (TPSA) is 42.9 Å². The molecule has 1 aliphatic heterocycles. The quantitative estimate of drug-likeness (QED) is 0.338. The molecule has 2 unspecified atom stereocenters. The van der Waals surface area contributed by atoms with Crippen molar-refractivity contribution in [3.8, 4) is 0 Å². The molecule has 2 fully saturated rings. The second-order valence-electron chi connectivity index (χ2n) is 7.87. The van der Waals surface area contributed by atoms with Crippen LogP contribution in [0.15, 0.2) is 35.3 Å². The number of guanidine groups is 1. The van der Waals surface area contributed by atoms with Crippen molar-refractivity contribution in [2.75, 3.05) is 47.3 Å². The van der Waals surface area contributed by atoms with Gasteiger partial charge < -0.3 is 15.5 Å². The predicted octanol–water partition coefficient (Wildman–Crippen LogP) is 2.95. The Balaban J connectivity index is 0.00000261. The monoisotopic (exact) mass is 485 g/mol. The zero-order valence-corrected chi connectivity index (χ0v) is 19.4. The van der Waals surface area contributed by atoms with E-state index in [0.717, 1.165) is 25.0 Å². The van der Waals surface area contributed by atoms with Gasteiger partial charge in [-0.25, -0.2) is 0 Å². The second kappa shape index (κ2) is 11.2. The van der Waals surface area contributed by atoms with E-state index in [1.165, 1.54) is 44.3 Å². The number of benzene rings is 1. The van der Waals surface area contributed by atoms with Crippen LogP contribution in [0.5, 0.6) is 0 Å². The van der Waals surface area contributed by atoms with E-state index in [1.807, 2.05) is 7.05 Å². The summed E-state index contributed by atoms with van der Waals surface area (Å²) in [7, 11) is 6.23. The van der Waals surface area contributed by atoms with Gasteiger partial charge in [-0.3, -0.25) is 9.89 Å². The Morgan fingerprint density at radius 1 is 1.11 bits per heavy atom. The first-order valence-corrected chi connectivity index (χ1v) is 10.1. The molecule has 0 aromatic heterocycles. The van der Waals surface area contributed by atoms with Gasteiger partial charge in [-0.15, -0.1) is 24.0 Å². The molecule has 6 heteroatoms. The molecule has 1 aromatic carbocycles. The minimum absolute atomic E-state index is 0. The number of hydrogen-bond donors (Lipinski definition) is 2. The Hall–Kier alpha value is -0.860. The van der Waals surface area contributed by atoms with E-state index < -0.39 is 0 Å². The lowest BCUT2D eigenvalue weighted by Gasteiger charge is -2.29. The molecule has 27 heavy (non-hydrogen) atoms. The molecular weight excluding hydrogens is 449 g/mol. The van der Waals surface area contributed by atoms with Crippen molar-refractivity contribution in [3.63, 3.8) is 0 Å². The average Bonchev–Trinajstić information content (AvgIpc) is 3.34. The summed E-state index contributed by atoms with van der Waals surface area (Å²) in [5.41, 5.74) is 1.39. The smallest absolute Gasteiger partial charge is 0.191 e. The number of rotatable bonds is 8. The maximum absolute atomic E-state index is 4.45. The zero-order valence-electron chi connectivity index (χ0n) is 17.0. The van der Waals surface area contributed by atoms with Gasteiger partial charge >= 0.3 is 0 Å². The summed E-state index contributed by atoms with van der Waals surface area (Å²) in [5, 5.41) is 7.13. The molecule has 1 aliphatic carbocycles. The van der Waals surface area contributed by atoms with Crippen molar-refractivity contribution in [1.82, 2.24) is 20.4 Å². The van der Waals surface area contributed by atoms with E-state index in [4.69, 9.17) is 0 Å². The third kappa shape index (κ3) is 6.61. The maximum Gasteiger partial charge on any atom is 0.191 e. The number of hydrogen-bond acceptors (Lipinski definition) is 3. The molecule has 0 amide bonds. The molecule has 1 aromatic rings. The highest BCUT2D eigenvalue weighted by Gasteiger charge is 2.32. The third-order valence-corrected chi connectivity index (χ3v) is 5.76. The number of aliphatic imine (C=N–C) groups is 1. The average molecular weight is 485 g/mol. The summed E-state index contributed by atoms with van der Waals surface area (Å²) in [6.45, 7) is 4.23. The number of likely N-dealkylation sites (N-methyl/N-ethyl adjacent to an activating group) is 1. The van der Waals surface area contributed by atoms with Crippen molar-refractivity contribution in [2.24, 2.45) is 10.9 Å². The molecule has 2 atom stereocenters. The van der Waals surface area contributed by atoms with Gasteiger partial charge in [0.05, 0.1) is 6.04 Å². The molecule has 2 aliphatic rings. The van der Waals surface area contributed by atoms with Gasteiger partial charge in [0, 0.05) is 26.2 Å². The van der Waals surface area contributed by atoms with Gasteiger partial charge in [-0.05, 0) is 64.3 Å². The summed E-state index contributed by atoms with van der Waals surface area (Å²) in [4.78, 5) is 9.39. The molecule has 1 heterocycles. The molecule has 3 rings (SSSR count). The fraction of sp³-hybridized carbons (Fsp3) is 0.667. The van der Waals surface area contributed by atoms with Crippen molar-refractivity contribution in [3.05, 3.63) is 35.9 Å². The lowest BCUT2D eigenvalue weighted by atomic mass is 10.1. The summed E-state index contributed by atoms with van der Waals surface area (Å²) in [6.07, 6.45) is 5.34. The van der Waals surface area contributed by atoms with E-state index in [9.17, 15) is 0 Å². The van der Waals surface area contributed by atoms with Gasteiger partial charge in [0.25, 0.3) is 0 Å². The van der Waals surface area contributed by atoms with E-state index in [-0.39, 0.29) is 24.0 Å². The Morgan fingerprint density at radius 3 is 2.30 bits per heavy atom. The van der Waals surface area contributed by atoms with Crippen LogP contribution >= 0.6 is 24.0 Å². The maximum atomic E-state index is 4.45. The van der Waals surface area contributed by atoms with Crippen molar-refractivity contribution in [2.45, 2.75) is 37.8 Å². The molecule has 1 saturated carbocycles. The minimum Gasteiger partial charge on any atom is -0.355 e. The van der Waals surface area contributed by atoms with E-state index in [2.05, 4.69) is 69.9 Å². The first-order valence-electron chi connectivity index (χ1n) is 10.1. The first kappa shape index (κ1) is 22.4. The first-order chi connectivity index (χ1) is 12.7. The summed E-state index contributed by atoms with van der Waals surface area (Å²) in [6, 6.07) is 11.9. The van der Waals surface area contributed by atoms with Crippen LogP contribution in [0.3, 0.4) is 0 Å². The van der Waals surface area contributed by atoms with Crippen LogP contribution in [0.4, 0.5) is 0 Å². The Morgan fingerprint density at radius 2 is 1.74 bits per heavy atom. The summed E-state index contributed by atoms with van der Waals surface area (Å²) in [5.74, 6) is 1.76. The van der Waals surface area contributed by atoms with Crippen LogP contribution in [-0.2, 0) is 0 Å². The Kier molecular flexibility index (Phi) is 9.32. The highest BCUT2D eigenvalue weighted by molar-refractivity contribution is 14.0. The number of nitrogens with zero attached hydrogens (tertiary/aromatic N) is 3. The van der Waals surface area contributed by atoms with Gasteiger partial charge in [0.2, 0.25) is 0 Å². The molecule has 2 N–H and O–H groups in total. The summed E-state index contributed by atoms with van der Waals surface area (Å²) >= 11 is 0. The predicted molar refractivity (Wildman–Crippen MR) is 125 cm³/mol. The lowest BCUT2D eigenvalue weighted by molar-refractivity contribution is 0.244. The highest BCUT2D eigenvalue weighted by Crippen LogP contribution is 2.34. The summed E-state index contributed by atoms with van der Waals surface area (Å²) < 4.78 is 0. The van der Waals surface area contributed by atoms with Crippen molar-refractivity contribution >= 4 is 29.9 Å². The second-order valence-corrected chi connectivity index (χ2v) is 7.87. The molecule has 152 valence electrons. The molecule has 0 bridgehead atoms. The van der Waals surface area contributed by atoms with Crippen LogP contribution in [0.1, 0.15) is 37.3 Å². The van der Waals surface area contributed by atoms with Crippen LogP contribution in [0.25, 0.3) is 0 Å². The normalized spacial score (nSPS) is 20.2. The standard InChI is InChI=1S/C21H35N5.HI/c1-22-21(23-15-19(25(2)3)18-11-12-18)24-16-20(26-13-7-8-14-26)17-9-5-4-6-10-17;/h4-6,9-10,18-20H,7-8,11-16H2,1-3H3,(H2,22,23,24);1H. The van der Waals surface area contributed by atoms with Gasteiger partial charge in [-0.1, -0.05) is 30.3 Å². The minimum atomic E-state index is 0. The molecular formula is C21H36IN5. The fourth-order valence-corrected chi connectivity index (χ4v) is 4.05. The molecule has 5 nitrogen and oxygen atoms in total. The van der Waals surface area contributed by atoms with E-state index in [0.29, 0.717) is 12.1 Å². The largest absolute Gasteiger partial charge is 0.355 e. The third-order valence-electron chi connectivity index (χ3n) is 5.76. The Labute approximate surface area is 182 Å². The van der Waals surface area contributed by atoms with E-state index >= 15 is 0 Å². The highest BCUT2D eigenvalue weighted by atomic mass is 127. The van der Waals surface area contributed by atoms with Gasteiger partial charge in [0.1, 0.15) is 0 Å². The SMILES string of the molecule is CN=C(NCC(C1CC1)N(C)C)NCC(c1ccccc1)N1CCCC1.I. The van der Waals surface area contributed by atoms with Crippen LogP contribution in [-0.4, -0.2) is 69.1 Å². The fourth-order valence-electron chi connectivity index (χ4n) is 4.05. The lowest BCUT2D eigenvalue weighted by Crippen LogP contribution is -2.47. The van der Waals surface area contributed by atoms with Crippen LogP contribution in [0.2, 0.25) is 0 Å². The number of halogens is 1. The molecule has 0 spiro atoms. The number of nitrogens with one attached hydrogen (secondary N) is 2. The van der Waals surface area contributed by atoms with Crippen molar-refractivity contribution in [1.29, 1.82) is 0 Å². The number of likely N-dealkylation sites (tertiary alicyclic amines) is 1. The van der Waals surface area contributed by atoms with Crippen LogP contribution in [0, 0.1) is 5.92 Å². The van der Waals surface area contributed by atoms with Crippen LogP contribution < -0.4 is 10.6 Å². The Bertz CT molecular complexity index is 565. The molecule has 0 radical (unpaired) electrons. The van der Waals surface area contributed by atoms with Gasteiger partial charge in [-0.2, -0.15) is 0 Å². The van der Waals surface area contributed by atoms with E-state index in [1.54, 1.807) is 0 Å². The zero-order chi connectivity index (χ0) is 18.4.